The van der Waals surface area contributed by atoms with E-state index in [1.54, 1.807) is 31.2 Å². The number of rotatable bonds is 6. The number of hydrogen-bond acceptors (Lipinski definition) is 4. The van der Waals surface area contributed by atoms with Crippen molar-refractivity contribution in [2.24, 2.45) is 5.92 Å². The molecule has 0 N–H and O–H groups in total. The average Bonchev–Trinajstić information content (AvgIpc) is 3.32. The molecule has 0 bridgehead atoms. The number of ether oxygens (including phenoxy) is 1. The molecule has 2 aliphatic carbocycles. The molecule has 0 aliphatic heterocycles. The minimum atomic E-state index is -3.20. The SMILES string of the molecule is CCOC(=O)C(=CC1CCCC1)c1ccc(S(=O)(=O)C2CC2)cc1. The van der Waals surface area contributed by atoms with Gasteiger partial charge < -0.3 is 4.74 Å². The zero-order valence-electron chi connectivity index (χ0n) is 14.0. The Hall–Kier alpha value is -1.62. The number of carbonyl (C=O) groups excluding carboxylic acids is 1. The van der Waals surface area contributed by atoms with Crippen molar-refractivity contribution in [3.05, 3.63) is 35.9 Å². The van der Waals surface area contributed by atoms with E-state index in [-0.39, 0.29) is 11.2 Å². The largest absolute Gasteiger partial charge is 0.462 e. The van der Waals surface area contributed by atoms with E-state index >= 15 is 0 Å². The van der Waals surface area contributed by atoms with Crippen molar-refractivity contribution < 1.29 is 17.9 Å². The number of esters is 1. The average molecular weight is 348 g/mol. The maximum absolute atomic E-state index is 12.3. The lowest BCUT2D eigenvalue weighted by Crippen LogP contribution is -2.10. The second-order valence-corrected chi connectivity index (χ2v) is 8.84. The molecule has 0 unspecified atom stereocenters. The summed E-state index contributed by atoms with van der Waals surface area (Å²) in [4.78, 5) is 12.7. The predicted octanol–water partition coefficient (Wildman–Crippen LogP) is 3.76. The van der Waals surface area contributed by atoms with Crippen LogP contribution in [0, 0.1) is 5.92 Å². The topological polar surface area (TPSA) is 60.4 Å². The summed E-state index contributed by atoms with van der Waals surface area (Å²) < 4.78 is 29.8. The van der Waals surface area contributed by atoms with Crippen LogP contribution in [0.1, 0.15) is 51.0 Å². The van der Waals surface area contributed by atoms with Gasteiger partial charge in [0.25, 0.3) is 0 Å². The van der Waals surface area contributed by atoms with Crippen molar-refractivity contribution in [1.29, 1.82) is 0 Å². The number of benzene rings is 1. The number of hydrogen-bond donors (Lipinski definition) is 0. The first-order valence-electron chi connectivity index (χ1n) is 8.75. The number of sulfone groups is 1. The summed E-state index contributed by atoms with van der Waals surface area (Å²) in [5, 5.41) is -0.220. The first-order chi connectivity index (χ1) is 11.5. The molecule has 0 aromatic heterocycles. The smallest absolute Gasteiger partial charge is 0.338 e. The van der Waals surface area contributed by atoms with Gasteiger partial charge >= 0.3 is 5.97 Å². The lowest BCUT2D eigenvalue weighted by atomic mass is 9.99. The fourth-order valence-electron chi connectivity index (χ4n) is 3.25. The number of carbonyl (C=O) groups is 1. The molecule has 0 amide bonds. The normalized spacial score (nSPS) is 19.5. The predicted molar refractivity (Wildman–Crippen MR) is 93.2 cm³/mol. The third-order valence-electron chi connectivity index (χ3n) is 4.75. The monoisotopic (exact) mass is 348 g/mol. The second-order valence-electron chi connectivity index (χ2n) is 6.61. The molecule has 130 valence electrons. The zero-order chi connectivity index (χ0) is 17.2. The Morgan fingerprint density at radius 3 is 2.29 bits per heavy atom. The Balaban J connectivity index is 1.88. The van der Waals surface area contributed by atoms with E-state index in [1.165, 1.54) is 12.8 Å². The molecule has 2 aliphatic rings. The third kappa shape index (κ3) is 3.72. The lowest BCUT2D eigenvalue weighted by Gasteiger charge is -2.11. The van der Waals surface area contributed by atoms with Crippen molar-refractivity contribution in [3.63, 3.8) is 0 Å². The first kappa shape index (κ1) is 17.2. The highest BCUT2D eigenvalue weighted by molar-refractivity contribution is 7.92. The van der Waals surface area contributed by atoms with Gasteiger partial charge in [0.15, 0.2) is 9.84 Å². The van der Waals surface area contributed by atoms with E-state index in [9.17, 15) is 13.2 Å². The Labute approximate surface area is 143 Å². The fraction of sp³-hybridized carbons (Fsp3) is 0.526. The van der Waals surface area contributed by atoms with Gasteiger partial charge in [-0.05, 0) is 56.2 Å². The van der Waals surface area contributed by atoms with Crippen LogP contribution in [0.15, 0.2) is 35.2 Å². The molecule has 0 saturated heterocycles. The van der Waals surface area contributed by atoms with Gasteiger partial charge in [-0.1, -0.05) is 31.1 Å². The molecule has 1 aromatic carbocycles. The van der Waals surface area contributed by atoms with E-state index in [2.05, 4.69) is 0 Å². The molecule has 24 heavy (non-hydrogen) atoms. The van der Waals surface area contributed by atoms with Crippen LogP contribution in [-0.2, 0) is 19.4 Å². The molecule has 0 radical (unpaired) electrons. The molecule has 0 heterocycles. The summed E-state index contributed by atoms with van der Waals surface area (Å²) in [5.74, 6) is 0.0708. The molecule has 2 saturated carbocycles. The van der Waals surface area contributed by atoms with E-state index < -0.39 is 9.84 Å². The Morgan fingerprint density at radius 2 is 1.75 bits per heavy atom. The highest BCUT2D eigenvalue weighted by Gasteiger charge is 2.36. The van der Waals surface area contributed by atoms with Crippen LogP contribution in [0.4, 0.5) is 0 Å². The first-order valence-corrected chi connectivity index (χ1v) is 10.3. The van der Waals surface area contributed by atoms with Crippen molar-refractivity contribution in [3.8, 4) is 0 Å². The summed E-state index contributed by atoms with van der Waals surface area (Å²) in [6, 6.07) is 6.69. The van der Waals surface area contributed by atoms with Crippen LogP contribution in [0.2, 0.25) is 0 Å². The molecule has 3 rings (SSSR count). The number of allylic oxidation sites excluding steroid dienone is 1. The molecular weight excluding hydrogens is 324 g/mol. The van der Waals surface area contributed by atoms with Crippen LogP contribution >= 0.6 is 0 Å². The summed E-state index contributed by atoms with van der Waals surface area (Å²) in [7, 11) is -3.20. The summed E-state index contributed by atoms with van der Waals surface area (Å²) in [5.41, 5.74) is 1.29. The highest BCUT2D eigenvalue weighted by atomic mass is 32.2. The Kier molecular flexibility index (Phi) is 5.09. The standard InChI is InChI=1S/C19H24O4S/c1-2-23-19(20)18(13-14-5-3-4-6-14)15-7-9-16(10-8-15)24(21,22)17-11-12-17/h7-10,13-14,17H,2-6,11-12H2,1H3. The molecule has 0 spiro atoms. The molecule has 2 fully saturated rings. The maximum atomic E-state index is 12.3. The van der Waals surface area contributed by atoms with Gasteiger partial charge in [-0.15, -0.1) is 0 Å². The van der Waals surface area contributed by atoms with Gasteiger partial charge in [-0.25, -0.2) is 13.2 Å². The maximum Gasteiger partial charge on any atom is 0.338 e. The summed E-state index contributed by atoms with van der Waals surface area (Å²) in [6.07, 6.45) is 8.08. The fourth-order valence-corrected chi connectivity index (χ4v) is 4.90. The van der Waals surface area contributed by atoms with Crippen molar-refractivity contribution >= 4 is 21.4 Å². The molecular formula is C19H24O4S. The van der Waals surface area contributed by atoms with E-state index in [1.807, 2.05) is 6.08 Å². The van der Waals surface area contributed by atoms with Crippen LogP contribution in [0.5, 0.6) is 0 Å². The van der Waals surface area contributed by atoms with E-state index in [0.717, 1.165) is 31.2 Å². The van der Waals surface area contributed by atoms with Gasteiger partial charge in [0.2, 0.25) is 0 Å². The van der Waals surface area contributed by atoms with Gasteiger partial charge in [-0.2, -0.15) is 0 Å². The van der Waals surface area contributed by atoms with Crippen molar-refractivity contribution in [2.45, 2.75) is 55.6 Å². The van der Waals surface area contributed by atoms with Gasteiger partial charge in [0, 0.05) is 0 Å². The van der Waals surface area contributed by atoms with Crippen LogP contribution in [0.25, 0.3) is 5.57 Å². The lowest BCUT2D eigenvalue weighted by molar-refractivity contribution is -0.136. The van der Waals surface area contributed by atoms with Crippen LogP contribution in [-0.4, -0.2) is 26.2 Å². The van der Waals surface area contributed by atoms with Gasteiger partial charge in [0.05, 0.1) is 22.3 Å². The Morgan fingerprint density at radius 1 is 1.12 bits per heavy atom. The summed E-state index contributed by atoms with van der Waals surface area (Å²) >= 11 is 0. The van der Waals surface area contributed by atoms with Crippen LogP contribution in [0.3, 0.4) is 0 Å². The molecule has 5 heteroatoms. The second kappa shape index (κ2) is 7.09. The minimum absolute atomic E-state index is 0.220. The van der Waals surface area contributed by atoms with Crippen molar-refractivity contribution in [2.75, 3.05) is 6.61 Å². The summed E-state index contributed by atoms with van der Waals surface area (Å²) in [6.45, 7) is 2.12. The molecule has 1 aromatic rings. The minimum Gasteiger partial charge on any atom is -0.462 e. The molecule has 0 atom stereocenters. The van der Waals surface area contributed by atoms with Crippen molar-refractivity contribution in [1.82, 2.24) is 0 Å². The van der Waals surface area contributed by atoms with Crippen LogP contribution < -0.4 is 0 Å². The third-order valence-corrected chi connectivity index (χ3v) is 7.03. The van der Waals surface area contributed by atoms with Gasteiger partial charge in [0.1, 0.15) is 0 Å². The van der Waals surface area contributed by atoms with E-state index in [4.69, 9.17) is 4.74 Å². The Bertz CT molecular complexity index is 721. The van der Waals surface area contributed by atoms with Gasteiger partial charge in [-0.3, -0.25) is 0 Å². The zero-order valence-corrected chi connectivity index (χ0v) is 14.8. The quantitative estimate of drug-likeness (QED) is 0.580. The molecule has 4 nitrogen and oxygen atoms in total. The highest BCUT2D eigenvalue weighted by Crippen LogP contribution is 2.34. The van der Waals surface area contributed by atoms with E-state index in [0.29, 0.717) is 23.0 Å².